The van der Waals surface area contributed by atoms with Crippen molar-refractivity contribution in [3.8, 4) is 5.75 Å². The molecule has 1 aromatic carbocycles. The lowest BCUT2D eigenvalue weighted by atomic mass is 9.87. The number of halogens is 1. The van der Waals surface area contributed by atoms with Crippen molar-refractivity contribution >= 4 is 29.4 Å². The summed E-state index contributed by atoms with van der Waals surface area (Å²) in [5.41, 5.74) is 2.28. The number of urea groups is 1. The molecule has 2 heterocycles. The maximum atomic E-state index is 12.8. The number of amides is 4. The van der Waals surface area contributed by atoms with Crippen LogP contribution in [0.2, 0.25) is 5.02 Å². The van der Waals surface area contributed by atoms with Gasteiger partial charge in [0.1, 0.15) is 11.8 Å². The van der Waals surface area contributed by atoms with E-state index in [0.29, 0.717) is 36.2 Å². The van der Waals surface area contributed by atoms with Crippen LogP contribution in [0.3, 0.4) is 0 Å². The standard InChI is InChI=1S/C21H28ClN3O4/c1-4-13-10-15(11-17(29-3)18(13)22)14-5-7-25(8-6-14)20(27)12(2)9-16-19(26)24-21(28)23-16/h10-12,14,16H,4-9H2,1-3H3,(H2,23,24,26,28)/t12?,16-/m1/s1. The first-order valence-corrected chi connectivity index (χ1v) is 10.5. The van der Waals surface area contributed by atoms with Crippen LogP contribution < -0.4 is 15.4 Å². The molecule has 0 aromatic heterocycles. The van der Waals surface area contributed by atoms with Crippen LogP contribution >= 0.6 is 11.6 Å². The molecule has 8 heteroatoms. The maximum absolute atomic E-state index is 12.8. The van der Waals surface area contributed by atoms with Gasteiger partial charge in [-0.1, -0.05) is 31.5 Å². The second kappa shape index (κ2) is 9.03. The number of carbonyl (C=O) groups excluding carboxylic acids is 3. The molecule has 3 rings (SSSR count). The Morgan fingerprint density at radius 1 is 1.31 bits per heavy atom. The smallest absolute Gasteiger partial charge is 0.322 e. The second-order valence-electron chi connectivity index (χ2n) is 7.80. The van der Waals surface area contributed by atoms with Crippen molar-refractivity contribution in [2.24, 2.45) is 5.92 Å². The number of ether oxygens (including phenoxy) is 1. The summed E-state index contributed by atoms with van der Waals surface area (Å²) in [5, 5.41) is 5.43. The summed E-state index contributed by atoms with van der Waals surface area (Å²) in [7, 11) is 1.63. The first kappa shape index (κ1) is 21.4. The van der Waals surface area contributed by atoms with Crippen molar-refractivity contribution in [3.05, 3.63) is 28.3 Å². The van der Waals surface area contributed by atoms with Crippen molar-refractivity contribution in [1.29, 1.82) is 0 Å². The van der Waals surface area contributed by atoms with E-state index < -0.39 is 12.1 Å². The van der Waals surface area contributed by atoms with Crippen LogP contribution in [0.5, 0.6) is 5.75 Å². The lowest BCUT2D eigenvalue weighted by molar-refractivity contribution is -0.136. The highest BCUT2D eigenvalue weighted by atomic mass is 35.5. The lowest BCUT2D eigenvalue weighted by Gasteiger charge is -2.34. The van der Waals surface area contributed by atoms with Crippen molar-refractivity contribution in [1.82, 2.24) is 15.5 Å². The Bertz CT molecular complexity index is 780. The number of aryl methyl sites for hydroxylation is 1. The minimum atomic E-state index is -0.631. The highest BCUT2D eigenvalue weighted by Gasteiger charge is 2.34. The average molecular weight is 422 g/mol. The number of hydrogen-bond acceptors (Lipinski definition) is 4. The third-order valence-corrected chi connectivity index (χ3v) is 6.31. The molecule has 0 radical (unpaired) electrons. The summed E-state index contributed by atoms with van der Waals surface area (Å²) in [5.74, 6) is 0.385. The number of benzene rings is 1. The molecule has 0 bridgehead atoms. The molecule has 4 amide bonds. The molecular formula is C21H28ClN3O4. The van der Waals surface area contributed by atoms with E-state index in [1.54, 1.807) is 7.11 Å². The van der Waals surface area contributed by atoms with Crippen LogP contribution in [-0.4, -0.2) is 49.0 Å². The average Bonchev–Trinajstić information content (AvgIpc) is 3.04. The van der Waals surface area contributed by atoms with E-state index in [0.717, 1.165) is 24.8 Å². The fraction of sp³-hybridized carbons (Fsp3) is 0.571. The van der Waals surface area contributed by atoms with Gasteiger partial charge in [-0.25, -0.2) is 4.79 Å². The third-order valence-electron chi connectivity index (χ3n) is 5.89. The number of imide groups is 1. The van der Waals surface area contributed by atoms with Gasteiger partial charge < -0.3 is 15.0 Å². The monoisotopic (exact) mass is 421 g/mol. The van der Waals surface area contributed by atoms with E-state index in [1.165, 1.54) is 5.56 Å². The minimum absolute atomic E-state index is 0.0281. The van der Waals surface area contributed by atoms with Gasteiger partial charge in [0, 0.05) is 19.0 Å². The van der Waals surface area contributed by atoms with Gasteiger partial charge in [-0.3, -0.25) is 14.9 Å². The van der Waals surface area contributed by atoms with Crippen LogP contribution in [-0.2, 0) is 16.0 Å². The van der Waals surface area contributed by atoms with Crippen LogP contribution in [0.1, 0.15) is 50.2 Å². The summed E-state index contributed by atoms with van der Waals surface area (Å²) in [6.45, 7) is 5.22. The van der Waals surface area contributed by atoms with Crippen molar-refractivity contribution in [3.63, 3.8) is 0 Å². The molecule has 2 aliphatic rings. The first-order chi connectivity index (χ1) is 13.8. The number of rotatable bonds is 6. The molecule has 0 spiro atoms. The topological polar surface area (TPSA) is 87.7 Å². The minimum Gasteiger partial charge on any atom is -0.495 e. The predicted molar refractivity (Wildman–Crippen MR) is 110 cm³/mol. The molecule has 0 saturated carbocycles. The Morgan fingerprint density at radius 3 is 2.55 bits per heavy atom. The number of piperidine rings is 1. The van der Waals surface area contributed by atoms with Crippen LogP contribution in [0.15, 0.2) is 12.1 Å². The Kier molecular flexibility index (Phi) is 6.67. The lowest BCUT2D eigenvalue weighted by Crippen LogP contribution is -2.43. The Balaban J connectivity index is 1.59. The Morgan fingerprint density at radius 2 is 2.00 bits per heavy atom. The Labute approximate surface area is 176 Å². The molecular weight excluding hydrogens is 394 g/mol. The maximum Gasteiger partial charge on any atom is 0.322 e. The number of methoxy groups -OCH3 is 1. The third kappa shape index (κ3) is 4.66. The zero-order valence-corrected chi connectivity index (χ0v) is 17.8. The van der Waals surface area contributed by atoms with E-state index >= 15 is 0 Å². The normalized spacial score (nSPS) is 21.0. The SMILES string of the molecule is CCc1cc(C2CCN(C(=O)C(C)C[C@H]3NC(=O)NC3=O)CC2)cc(OC)c1Cl. The number of nitrogens with one attached hydrogen (secondary N) is 2. The molecule has 7 nitrogen and oxygen atoms in total. The van der Waals surface area contributed by atoms with Crippen LogP contribution in [0.4, 0.5) is 4.79 Å². The van der Waals surface area contributed by atoms with Gasteiger partial charge in [-0.2, -0.15) is 0 Å². The summed E-state index contributed by atoms with van der Waals surface area (Å²) in [6.07, 6.45) is 2.88. The highest BCUT2D eigenvalue weighted by Crippen LogP contribution is 2.36. The molecule has 2 fully saturated rings. The van der Waals surface area contributed by atoms with Crippen LogP contribution in [0, 0.1) is 5.92 Å². The van der Waals surface area contributed by atoms with Crippen molar-refractivity contribution in [2.45, 2.75) is 51.5 Å². The summed E-state index contributed by atoms with van der Waals surface area (Å²) < 4.78 is 5.43. The zero-order chi connectivity index (χ0) is 21.1. The van der Waals surface area contributed by atoms with E-state index in [1.807, 2.05) is 17.9 Å². The van der Waals surface area contributed by atoms with Gasteiger partial charge in [0.05, 0.1) is 12.1 Å². The molecule has 1 unspecified atom stereocenters. The van der Waals surface area contributed by atoms with Gasteiger partial charge >= 0.3 is 6.03 Å². The fourth-order valence-corrected chi connectivity index (χ4v) is 4.46. The van der Waals surface area contributed by atoms with Gasteiger partial charge in [0.2, 0.25) is 5.91 Å². The molecule has 158 valence electrons. The fourth-order valence-electron chi connectivity index (χ4n) is 4.14. The molecule has 29 heavy (non-hydrogen) atoms. The summed E-state index contributed by atoms with van der Waals surface area (Å²) in [4.78, 5) is 37.6. The molecule has 0 aliphatic carbocycles. The molecule has 2 saturated heterocycles. The highest BCUT2D eigenvalue weighted by molar-refractivity contribution is 6.32. The van der Waals surface area contributed by atoms with E-state index in [-0.39, 0.29) is 17.7 Å². The molecule has 1 aromatic rings. The summed E-state index contributed by atoms with van der Waals surface area (Å²) >= 11 is 6.38. The number of hydrogen-bond donors (Lipinski definition) is 2. The van der Waals surface area contributed by atoms with Gasteiger partial charge in [-0.05, 0) is 48.8 Å². The molecule has 2 atom stereocenters. The number of likely N-dealkylation sites (tertiary alicyclic amines) is 1. The van der Waals surface area contributed by atoms with E-state index in [9.17, 15) is 14.4 Å². The van der Waals surface area contributed by atoms with Crippen molar-refractivity contribution in [2.75, 3.05) is 20.2 Å². The molecule has 2 N–H and O–H groups in total. The second-order valence-corrected chi connectivity index (χ2v) is 8.18. The summed E-state index contributed by atoms with van der Waals surface area (Å²) in [6, 6.07) is 3.03. The van der Waals surface area contributed by atoms with E-state index in [4.69, 9.17) is 16.3 Å². The van der Waals surface area contributed by atoms with Gasteiger partial charge in [0.25, 0.3) is 5.91 Å². The number of carbonyl (C=O) groups is 3. The zero-order valence-electron chi connectivity index (χ0n) is 17.1. The Hall–Kier alpha value is -2.28. The quantitative estimate of drug-likeness (QED) is 0.691. The van der Waals surface area contributed by atoms with E-state index in [2.05, 4.69) is 23.6 Å². The van der Waals surface area contributed by atoms with Gasteiger partial charge in [0.15, 0.2) is 0 Å². The first-order valence-electron chi connectivity index (χ1n) is 10.1. The number of nitrogens with zero attached hydrogens (tertiary/aromatic N) is 1. The predicted octanol–water partition coefficient (Wildman–Crippen LogP) is 2.85. The molecule has 2 aliphatic heterocycles. The largest absolute Gasteiger partial charge is 0.495 e. The van der Waals surface area contributed by atoms with Crippen molar-refractivity contribution < 1.29 is 19.1 Å². The van der Waals surface area contributed by atoms with Gasteiger partial charge in [-0.15, -0.1) is 0 Å². The van der Waals surface area contributed by atoms with Crippen LogP contribution in [0.25, 0.3) is 0 Å².